The maximum absolute atomic E-state index is 13.6. The third-order valence-corrected chi connectivity index (χ3v) is 2.78. The Kier molecular flexibility index (Phi) is 2.72. The van der Waals surface area contributed by atoms with Crippen molar-refractivity contribution in [3.63, 3.8) is 0 Å². The first kappa shape index (κ1) is 9.51. The Morgan fingerprint density at radius 2 is 1.92 bits per heavy atom. The molecule has 2 unspecified atom stereocenters. The molecule has 68 valence electrons. The van der Waals surface area contributed by atoms with Crippen molar-refractivity contribution in [1.82, 2.24) is 0 Å². The summed E-state index contributed by atoms with van der Waals surface area (Å²) in [5, 5.41) is 0. The highest BCUT2D eigenvalue weighted by Crippen LogP contribution is 2.36. The summed E-state index contributed by atoms with van der Waals surface area (Å²) in [5.74, 6) is -0.0382. The largest absolute Gasteiger partial charge is 0.313 e. The summed E-state index contributed by atoms with van der Waals surface area (Å²) in [4.78, 5) is 3.51. The molecule has 2 atom stereocenters. The van der Waals surface area contributed by atoms with Crippen LogP contribution in [0.4, 0.5) is 4.39 Å². The predicted molar refractivity (Wildman–Crippen MR) is 47.5 cm³/mol. The van der Waals surface area contributed by atoms with Gasteiger partial charge < -0.3 is 4.85 Å². The Labute approximate surface area is 73.8 Å². The maximum Gasteiger partial charge on any atom is 0.229 e. The summed E-state index contributed by atoms with van der Waals surface area (Å²) >= 11 is 0. The Morgan fingerprint density at radius 3 is 2.33 bits per heavy atom. The average molecular weight is 169 g/mol. The molecule has 2 heteroatoms. The topological polar surface area (TPSA) is 4.36 Å². The second-order valence-electron chi connectivity index (χ2n) is 4.15. The van der Waals surface area contributed by atoms with Gasteiger partial charge in [0, 0.05) is 6.42 Å². The number of halogens is 1. The van der Waals surface area contributed by atoms with Crippen LogP contribution >= 0.6 is 0 Å². The Hall–Kier alpha value is -0.580. The van der Waals surface area contributed by atoms with Crippen molar-refractivity contribution in [2.45, 2.75) is 51.2 Å². The molecule has 0 N–H and O–H groups in total. The van der Waals surface area contributed by atoms with E-state index in [0.29, 0.717) is 0 Å². The van der Waals surface area contributed by atoms with Gasteiger partial charge in [0.2, 0.25) is 6.04 Å². The van der Waals surface area contributed by atoms with Crippen LogP contribution in [-0.4, -0.2) is 11.7 Å². The molecule has 0 amide bonds. The van der Waals surface area contributed by atoms with Gasteiger partial charge in [-0.25, -0.2) is 11.0 Å². The average Bonchev–Trinajstić information content (AvgIpc) is 2.03. The van der Waals surface area contributed by atoms with E-state index in [0.717, 1.165) is 25.7 Å². The Balaban J connectivity index is 2.67. The molecule has 12 heavy (non-hydrogen) atoms. The van der Waals surface area contributed by atoms with Crippen LogP contribution in [0, 0.1) is 12.5 Å². The fourth-order valence-corrected chi connectivity index (χ4v) is 2.07. The van der Waals surface area contributed by atoms with Gasteiger partial charge in [0.1, 0.15) is 5.67 Å². The molecule has 0 aliphatic heterocycles. The normalized spacial score (nSPS) is 31.2. The van der Waals surface area contributed by atoms with E-state index in [9.17, 15) is 4.39 Å². The molecular weight excluding hydrogens is 153 g/mol. The van der Waals surface area contributed by atoms with Crippen molar-refractivity contribution in [2.24, 2.45) is 5.92 Å². The molecule has 0 spiro atoms. The molecule has 1 fully saturated rings. The molecule has 0 aromatic carbocycles. The van der Waals surface area contributed by atoms with Crippen LogP contribution in [0.1, 0.15) is 39.5 Å². The number of nitrogens with zero attached hydrogens (tertiary/aromatic N) is 1. The van der Waals surface area contributed by atoms with Gasteiger partial charge in [0.05, 0.1) is 5.92 Å². The highest BCUT2D eigenvalue weighted by molar-refractivity contribution is 4.96. The number of rotatable bonds is 1. The Morgan fingerprint density at radius 1 is 1.33 bits per heavy atom. The van der Waals surface area contributed by atoms with Crippen molar-refractivity contribution >= 4 is 0 Å². The monoisotopic (exact) mass is 169 g/mol. The minimum Gasteiger partial charge on any atom is -0.313 e. The predicted octanol–water partition coefficient (Wildman–Crippen LogP) is 3.21. The smallest absolute Gasteiger partial charge is 0.229 e. The maximum atomic E-state index is 13.6. The van der Waals surface area contributed by atoms with Gasteiger partial charge in [-0.15, -0.1) is 0 Å². The first-order valence-electron chi connectivity index (χ1n) is 4.61. The van der Waals surface area contributed by atoms with Crippen LogP contribution < -0.4 is 0 Å². The zero-order valence-electron chi connectivity index (χ0n) is 7.81. The third kappa shape index (κ3) is 1.97. The lowest BCUT2D eigenvalue weighted by molar-refractivity contribution is 0.0889. The molecule has 1 rings (SSSR count). The molecule has 1 nitrogen and oxygen atoms in total. The summed E-state index contributed by atoms with van der Waals surface area (Å²) in [7, 11) is 0. The van der Waals surface area contributed by atoms with Gasteiger partial charge in [0.25, 0.3) is 0 Å². The summed E-state index contributed by atoms with van der Waals surface area (Å²) in [6.07, 6.45) is 3.96. The second-order valence-corrected chi connectivity index (χ2v) is 4.15. The molecule has 0 aromatic rings. The van der Waals surface area contributed by atoms with Gasteiger partial charge in [-0.1, -0.05) is 6.42 Å². The molecule has 0 saturated heterocycles. The van der Waals surface area contributed by atoms with Crippen molar-refractivity contribution < 1.29 is 4.39 Å². The molecule has 1 aliphatic carbocycles. The quantitative estimate of drug-likeness (QED) is 0.531. The molecule has 0 heterocycles. The first-order valence-corrected chi connectivity index (χ1v) is 4.61. The summed E-state index contributed by atoms with van der Waals surface area (Å²) in [5.41, 5.74) is -1.17. The van der Waals surface area contributed by atoms with E-state index in [1.54, 1.807) is 13.8 Å². The number of hydrogen-bond donors (Lipinski definition) is 0. The lowest BCUT2D eigenvalue weighted by atomic mass is 9.76. The van der Waals surface area contributed by atoms with Gasteiger partial charge in [-0.05, 0) is 26.7 Å². The van der Waals surface area contributed by atoms with Crippen molar-refractivity contribution in [3.05, 3.63) is 11.4 Å². The lowest BCUT2D eigenvalue weighted by Crippen LogP contribution is -2.36. The van der Waals surface area contributed by atoms with E-state index in [-0.39, 0.29) is 12.0 Å². The van der Waals surface area contributed by atoms with E-state index >= 15 is 0 Å². The molecule has 0 aromatic heterocycles. The molecule has 1 aliphatic rings. The van der Waals surface area contributed by atoms with E-state index < -0.39 is 5.67 Å². The van der Waals surface area contributed by atoms with E-state index in [4.69, 9.17) is 6.57 Å². The Bertz CT molecular complexity index is 187. The van der Waals surface area contributed by atoms with E-state index in [1.807, 2.05) is 0 Å². The molecule has 0 radical (unpaired) electrons. The summed E-state index contributed by atoms with van der Waals surface area (Å²) in [6, 6.07) is -0.0706. The van der Waals surface area contributed by atoms with E-state index in [2.05, 4.69) is 4.85 Å². The SMILES string of the molecule is [C-]#[N+]C1CCCCC1C(C)(C)F. The first-order chi connectivity index (χ1) is 5.55. The molecule has 0 bridgehead atoms. The van der Waals surface area contributed by atoms with Crippen LogP contribution in [0.15, 0.2) is 0 Å². The van der Waals surface area contributed by atoms with Crippen LogP contribution in [0.3, 0.4) is 0 Å². The van der Waals surface area contributed by atoms with Crippen LogP contribution in [0.5, 0.6) is 0 Å². The zero-order valence-corrected chi connectivity index (χ0v) is 7.81. The highest BCUT2D eigenvalue weighted by Gasteiger charge is 2.41. The molecular formula is C10H16FN. The standard InChI is InChI=1S/C10H16FN/c1-10(2,11)8-6-4-5-7-9(8)12-3/h8-9H,4-7H2,1-2H3. The highest BCUT2D eigenvalue weighted by atomic mass is 19.1. The summed E-state index contributed by atoms with van der Waals surface area (Å²) in [6.45, 7) is 10.2. The number of alkyl halides is 1. The van der Waals surface area contributed by atoms with Crippen LogP contribution in [0.2, 0.25) is 0 Å². The van der Waals surface area contributed by atoms with Gasteiger partial charge in [-0.3, -0.25) is 0 Å². The van der Waals surface area contributed by atoms with Crippen molar-refractivity contribution in [3.8, 4) is 0 Å². The van der Waals surface area contributed by atoms with Gasteiger partial charge in [0.15, 0.2) is 0 Å². The fourth-order valence-electron chi connectivity index (χ4n) is 2.07. The van der Waals surface area contributed by atoms with Crippen molar-refractivity contribution in [2.75, 3.05) is 0 Å². The number of hydrogen-bond acceptors (Lipinski definition) is 0. The molecule has 1 saturated carbocycles. The second kappa shape index (κ2) is 3.43. The van der Waals surface area contributed by atoms with E-state index in [1.165, 1.54) is 0 Å². The minimum absolute atomic E-state index is 0.0382. The van der Waals surface area contributed by atoms with Crippen molar-refractivity contribution in [1.29, 1.82) is 0 Å². The zero-order chi connectivity index (χ0) is 9.19. The van der Waals surface area contributed by atoms with Gasteiger partial charge in [-0.2, -0.15) is 0 Å². The third-order valence-electron chi connectivity index (χ3n) is 2.78. The van der Waals surface area contributed by atoms with Crippen LogP contribution in [0.25, 0.3) is 4.85 Å². The fraction of sp³-hybridized carbons (Fsp3) is 0.900. The van der Waals surface area contributed by atoms with Crippen LogP contribution in [-0.2, 0) is 0 Å². The summed E-state index contributed by atoms with van der Waals surface area (Å²) < 4.78 is 13.6. The minimum atomic E-state index is -1.17. The lowest BCUT2D eigenvalue weighted by Gasteiger charge is -2.30. The van der Waals surface area contributed by atoms with Gasteiger partial charge >= 0.3 is 0 Å².